The number of carbonyl (C=O) groups is 2. The molecule has 0 aliphatic carbocycles. The van der Waals surface area contributed by atoms with E-state index in [1.165, 1.54) is 19.1 Å². The molecule has 108 valence electrons. The highest BCUT2D eigenvalue weighted by Gasteiger charge is 2.25. The number of nitro benzene ring substituents is 1. The summed E-state index contributed by atoms with van der Waals surface area (Å²) >= 11 is 0. The normalized spacial score (nSPS) is 12.0. The molecule has 0 heterocycles. The molecule has 0 aliphatic heterocycles. The van der Waals surface area contributed by atoms with Crippen LogP contribution in [0.2, 0.25) is 0 Å². The second kappa shape index (κ2) is 6.14. The van der Waals surface area contributed by atoms with Gasteiger partial charge in [0.15, 0.2) is 5.78 Å². The van der Waals surface area contributed by atoms with Crippen molar-refractivity contribution in [2.45, 2.75) is 26.8 Å². The minimum absolute atomic E-state index is 0.0844. The monoisotopic (exact) mass is 280 g/mol. The number of hydrogen-bond acceptors (Lipinski definition) is 5. The molecule has 1 aromatic carbocycles. The van der Waals surface area contributed by atoms with E-state index in [-0.39, 0.29) is 28.6 Å². The molecule has 2 N–H and O–H groups in total. The third kappa shape index (κ3) is 3.53. The van der Waals surface area contributed by atoms with Crippen LogP contribution in [0.1, 0.15) is 31.1 Å². The average molecular weight is 280 g/mol. The van der Waals surface area contributed by atoms with Crippen LogP contribution in [0.25, 0.3) is 0 Å². The van der Waals surface area contributed by atoms with Crippen molar-refractivity contribution in [2.24, 2.45) is 5.92 Å². The van der Waals surface area contributed by atoms with Crippen LogP contribution in [0.4, 0.5) is 11.4 Å². The SMILES string of the molecule is CC(=O)c1ccc(N[C@@H](C(=O)O)C(C)C)c([N+](=O)[O-])c1. The van der Waals surface area contributed by atoms with Gasteiger partial charge in [-0.2, -0.15) is 0 Å². The van der Waals surface area contributed by atoms with Gasteiger partial charge in [0.25, 0.3) is 5.69 Å². The molecule has 0 saturated carbocycles. The first-order valence-electron chi connectivity index (χ1n) is 6.02. The van der Waals surface area contributed by atoms with E-state index in [0.717, 1.165) is 6.07 Å². The van der Waals surface area contributed by atoms with Gasteiger partial charge < -0.3 is 10.4 Å². The van der Waals surface area contributed by atoms with Crippen LogP contribution in [0.5, 0.6) is 0 Å². The van der Waals surface area contributed by atoms with E-state index in [1.807, 2.05) is 0 Å². The van der Waals surface area contributed by atoms with Gasteiger partial charge in [-0.1, -0.05) is 13.8 Å². The largest absolute Gasteiger partial charge is 0.480 e. The molecule has 0 spiro atoms. The number of aliphatic carboxylic acids is 1. The van der Waals surface area contributed by atoms with E-state index >= 15 is 0 Å². The van der Waals surface area contributed by atoms with Gasteiger partial charge >= 0.3 is 5.97 Å². The number of rotatable bonds is 6. The summed E-state index contributed by atoms with van der Waals surface area (Å²) in [5, 5.41) is 22.8. The van der Waals surface area contributed by atoms with Crippen molar-refractivity contribution >= 4 is 23.1 Å². The van der Waals surface area contributed by atoms with Crippen LogP contribution in [-0.4, -0.2) is 27.8 Å². The fourth-order valence-corrected chi connectivity index (χ4v) is 1.70. The smallest absolute Gasteiger partial charge is 0.326 e. The number of ketones is 1. The maximum absolute atomic E-state index is 11.2. The van der Waals surface area contributed by atoms with Crippen LogP contribution in [-0.2, 0) is 4.79 Å². The molecule has 0 saturated heterocycles. The number of nitro groups is 1. The molecule has 0 amide bonds. The minimum atomic E-state index is -1.09. The van der Waals surface area contributed by atoms with Gasteiger partial charge in [0.1, 0.15) is 11.7 Å². The number of anilines is 1. The summed E-state index contributed by atoms with van der Waals surface area (Å²) in [6.07, 6.45) is 0. The topological polar surface area (TPSA) is 110 Å². The first-order chi connectivity index (χ1) is 9.23. The van der Waals surface area contributed by atoms with Crippen molar-refractivity contribution in [3.63, 3.8) is 0 Å². The molecule has 7 heteroatoms. The third-order valence-corrected chi connectivity index (χ3v) is 2.84. The van der Waals surface area contributed by atoms with Crippen molar-refractivity contribution in [1.29, 1.82) is 0 Å². The lowest BCUT2D eigenvalue weighted by Crippen LogP contribution is -2.34. The molecular weight excluding hydrogens is 264 g/mol. The summed E-state index contributed by atoms with van der Waals surface area (Å²) in [6.45, 7) is 4.70. The molecule has 0 bridgehead atoms. The number of Topliss-reactive ketones (excluding diaryl/α,β-unsaturated/α-hetero) is 1. The summed E-state index contributed by atoms with van der Waals surface area (Å²) in [5.41, 5.74) is -0.0237. The maximum atomic E-state index is 11.2. The Labute approximate surface area is 115 Å². The van der Waals surface area contributed by atoms with Gasteiger partial charge in [-0.15, -0.1) is 0 Å². The summed E-state index contributed by atoms with van der Waals surface area (Å²) in [6, 6.07) is 2.98. The Morgan fingerprint density at radius 3 is 2.35 bits per heavy atom. The summed E-state index contributed by atoms with van der Waals surface area (Å²) in [5.74, 6) is -1.64. The molecule has 0 aromatic heterocycles. The van der Waals surface area contributed by atoms with Crippen LogP contribution in [0.3, 0.4) is 0 Å². The van der Waals surface area contributed by atoms with Gasteiger partial charge in [-0.05, 0) is 25.0 Å². The minimum Gasteiger partial charge on any atom is -0.480 e. The Morgan fingerprint density at radius 1 is 1.35 bits per heavy atom. The Bertz CT molecular complexity index is 554. The average Bonchev–Trinajstić information content (AvgIpc) is 2.34. The molecule has 1 rings (SSSR count). The fraction of sp³-hybridized carbons (Fsp3) is 0.385. The highest BCUT2D eigenvalue weighted by Crippen LogP contribution is 2.27. The molecular formula is C13H16N2O5. The number of nitrogens with zero attached hydrogens (tertiary/aromatic N) is 1. The van der Waals surface area contributed by atoms with Gasteiger partial charge in [-0.3, -0.25) is 14.9 Å². The van der Waals surface area contributed by atoms with E-state index in [9.17, 15) is 19.7 Å². The Balaban J connectivity index is 3.20. The molecule has 1 aromatic rings. The predicted molar refractivity (Wildman–Crippen MR) is 73.0 cm³/mol. The summed E-state index contributed by atoms with van der Waals surface area (Å²) in [7, 11) is 0. The van der Waals surface area contributed by atoms with E-state index < -0.39 is 16.9 Å². The quantitative estimate of drug-likeness (QED) is 0.470. The van der Waals surface area contributed by atoms with Crippen LogP contribution < -0.4 is 5.32 Å². The summed E-state index contributed by atoms with van der Waals surface area (Å²) in [4.78, 5) is 32.7. The van der Waals surface area contributed by atoms with Crippen molar-refractivity contribution in [3.05, 3.63) is 33.9 Å². The molecule has 0 unspecified atom stereocenters. The zero-order valence-corrected chi connectivity index (χ0v) is 11.4. The fourth-order valence-electron chi connectivity index (χ4n) is 1.70. The second-order valence-corrected chi connectivity index (χ2v) is 4.75. The molecule has 0 fully saturated rings. The lowest BCUT2D eigenvalue weighted by molar-refractivity contribution is -0.384. The van der Waals surface area contributed by atoms with Crippen molar-refractivity contribution < 1.29 is 19.6 Å². The number of nitrogens with one attached hydrogen (secondary N) is 1. The van der Waals surface area contributed by atoms with Crippen LogP contribution in [0, 0.1) is 16.0 Å². The van der Waals surface area contributed by atoms with E-state index in [4.69, 9.17) is 5.11 Å². The molecule has 7 nitrogen and oxygen atoms in total. The predicted octanol–water partition coefficient (Wildman–Crippen LogP) is 2.32. The molecule has 0 radical (unpaired) electrons. The number of carboxylic acid groups (broad SMARTS) is 1. The van der Waals surface area contributed by atoms with Gasteiger partial charge in [-0.25, -0.2) is 4.79 Å². The third-order valence-electron chi connectivity index (χ3n) is 2.84. The van der Waals surface area contributed by atoms with E-state index in [2.05, 4.69) is 5.32 Å². The highest BCUT2D eigenvalue weighted by atomic mass is 16.6. The molecule has 1 atom stereocenters. The zero-order chi connectivity index (χ0) is 15.4. The lowest BCUT2D eigenvalue weighted by atomic mass is 10.0. The van der Waals surface area contributed by atoms with Gasteiger partial charge in [0, 0.05) is 11.6 Å². The van der Waals surface area contributed by atoms with Gasteiger partial charge in [0.05, 0.1) is 4.92 Å². The Hall–Kier alpha value is -2.44. The number of carbonyl (C=O) groups excluding carboxylic acids is 1. The standard InChI is InChI=1S/C13H16N2O5/c1-7(2)12(13(17)18)14-10-5-4-9(8(3)16)6-11(10)15(19)20/h4-7,12,14H,1-3H3,(H,17,18)/t12-/m1/s1. The van der Waals surface area contributed by atoms with Crippen molar-refractivity contribution in [1.82, 2.24) is 0 Å². The molecule has 20 heavy (non-hydrogen) atoms. The van der Waals surface area contributed by atoms with Crippen LogP contribution >= 0.6 is 0 Å². The first kappa shape index (κ1) is 15.6. The van der Waals surface area contributed by atoms with Gasteiger partial charge in [0.2, 0.25) is 0 Å². The Kier molecular flexibility index (Phi) is 4.79. The van der Waals surface area contributed by atoms with Crippen molar-refractivity contribution in [2.75, 3.05) is 5.32 Å². The Morgan fingerprint density at radius 2 is 1.95 bits per heavy atom. The maximum Gasteiger partial charge on any atom is 0.326 e. The number of carboxylic acids is 1. The first-order valence-corrected chi connectivity index (χ1v) is 6.02. The lowest BCUT2D eigenvalue weighted by Gasteiger charge is -2.19. The van der Waals surface area contributed by atoms with E-state index in [1.54, 1.807) is 13.8 Å². The van der Waals surface area contributed by atoms with Crippen LogP contribution in [0.15, 0.2) is 18.2 Å². The second-order valence-electron chi connectivity index (χ2n) is 4.75. The number of benzene rings is 1. The van der Waals surface area contributed by atoms with Crippen molar-refractivity contribution in [3.8, 4) is 0 Å². The van der Waals surface area contributed by atoms with E-state index in [0.29, 0.717) is 0 Å². The number of hydrogen-bond donors (Lipinski definition) is 2. The highest BCUT2D eigenvalue weighted by molar-refractivity contribution is 5.95. The summed E-state index contributed by atoms with van der Waals surface area (Å²) < 4.78 is 0. The molecule has 0 aliphatic rings. The zero-order valence-electron chi connectivity index (χ0n) is 11.4.